The number of H-pyrrole nitrogens is 1. The average molecular weight is 245 g/mol. The predicted octanol–water partition coefficient (Wildman–Crippen LogP) is 2.74. The molecule has 0 aliphatic heterocycles. The molecule has 0 aliphatic carbocycles. The van der Waals surface area contributed by atoms with Crippen LogP contribution < -0.4 is 10.5 Å². The van der Waals surface area contributed by atoms with E-state index in [0.29, 0.717) is 5.92 Å². The molecule has 0 saturated heterocycles. The Bertz CT molecular complexity index is 519. The lowest BCUT2D eigenvalue weighted by molar-refractivity contribution is 0.416. The number of imidazole rings is 1. The smallest absolute Gasteiger partial charge is 0.128 e. The molecule has 2 rings (SSSR count). The molecule has 0 amide bonds. The van der Waals surface area contributed by atoms with Crippen LogP contribution in [0.2, 0.25) is 0 Å². The lowest BCUT2D eigenvalue weighted by Gasteiger charge is -2.12. The molecule has 4 nitrogen and oxygen atoms in total. The second-order valence-corrected chi connectivity index (χ2v) is 4.65. The number of hydrogen-bond acceptors (Lipinski definition) is 3. The first-order valence-electron chi connectivity index (χ1n) is 6.07. The van der Waals surface area contributed by atoms with Crippen LogP contribution in [0.3, 0.4) is 0 Å². The van der Waals surface area contributed by atoms with Crippen molar-refractivity contribution in [2.45, 2.75) is 19.9 Å². The van der Waals surface area contributed by atoms with Gasteiger partial charge in [0.1, 0.15) is 11.6 Å². The minimum atomic E-state index is -0.0755. The first-order chi connectivity index (χ1) is 8.63. The van der Waals surface area contributed by atoms with Crippen LogP contribution in [0.15, 0.2) is 30.5 Å². The summed E-state index contributed by atoms with van der Waals surface area (Å²) in [6.07, 6.45) is 1.80. The molecule has 2 aromatic rings. The molecule has 1 atom stereocenters. The summed E-state index contributed by atoms with van der Waals surface area (Å²) in [5.74, 6) is 1.98. The summed E-state index contributed by atoms with van der Waals surface area (Å²) >= 11 is 0. The summed E-state index contributed by atoms with van der Waals surface area (Å²) in [5, 5.41) is 0. The van der Waals surface area contributed by atoms with E-state index >= 15 is 0 Å². The number of methoxy groups -OCH3 is 1. The first kappa shape index (κ1) is 12.6. The normalized spacial score (nSPS) is 12.7. The number of nitrogens with one attached hydrogen (secondary N) is 1. The number of hydrogen-bond donors (Lipinski definition) is 2. The Balaban J connectivity index is 2.35. The van der Waals surface area contributed by atoms with Crippen molar-refractivity contribution in [2.75, 3.05) is 7.11 Å². The third-order valence-corrected chi connectivity index (χ3v) is 3.03. The number of para-hydroxylation sites is 1. The van der Waals surface area contributed by atoms with Gasteiger partial charge in [0.15, 0.2) is 0 Å². The number of aromatic nitrogens is 2. The van der Waals surface area contributed by atoms with E-state index in [9.17, 15) is 0 Å². The van der Waals surface area contributed by atoms with Crippen LogP contribution in [0.4, 0.5) is 0 Å². The zero-order chi connectivity index (χ0) is 13.1. The molecule has 18 heavy (non-hydrogen) atoms. The van der Waals surface area contributed by atoms with E-state index in [2.05, 4.69) is 23.8 Å². The van der Waals surface area contributed by atoms with Crippen molar-refractivity contribution in [3.05, 3.63) is 36.3 Å². The lowest BCUT2D eigenvalue weighted by atomic mass is 10.1. The number of nitrogens with two attached hydrogens (primary N) is 1. The molecule has 1 heterocycles. The van der Waals surface area contributed by atoms with Crippen molar-refractivity contribution in [2.24, 2.45) is 11.7 Å². The fraction of sp³-hybridized carbons (Fsp3) is 0.357. The van der Waals surface area contributed by atoms with Gasteiger partial charge in [-0.1, -0.05) is 26.0 Å². The Labute approximate surface area is 107 Å². The number of rotatable bonds is 4. The maximum atomic E-state index is 6.07. The number of nitrogens with zero attached hydrogens (tertiary/aromatic N) is 1. The van der Waals surface area contributed by atoms with Crippen molar-refractivity contribution in [1.29, 1.82) is 0 Å². The number of ether oxygens (including phenoxy) is 1. The number of aromatic amines is 1. The highest BCUT2D eigenvalue weighted by molar-refractivity contribution is 5.66. The highest BCUT2D eigenvalue weighted by Gasteiger charge is 2.15. The Morgan fingerprint density at radius 1 is 1.28 bits per heavy atom. The summed E-state index contributed by atoms with van der Waals surface area (Å²) in [4.78, 5) is 7.62. The van der Waals surface area contributed by atoms with Crippen LogP contribution in [0.5, 0.6) is 5.75 Å². The van der Waals surface area contributed by atoms with Gasteiger partial charge >= 0.3 is 0 Å². The van der Waals surface area contributed by atoms with Crippen LogP contribution in [0.1, 0.15) is 25.7 Å². The predicted molar refractivity (Wildman–Crippen MR) is 72.3 cm³/mol. The molecule has 1 unspecified atom stereocenters. The summed E-state index contributed by atoms with van der Waals surface area (Å²) in [7, 11) is 1.66. The monoisotopic (exact) mass is 245 g/mol. The van der Waals surface area contributed by atoms with Crippen LogP contribution in [-0.4, -0.2) is 17.1 Å². The summed E-state index contributed by atoms with van der Waals surface area (Å²) < 4.78 is 5.34. The van der Waals surface area contributed by atoms with Crippen LogP contribution in [0.25, 0.3) is 11.3 Å². The molecule has 3 N–H and O–H groups in total. The van der Waals surface area contributed by atoms with Gasteiger partial charge in [0.05, 0.1) is 25.0 Å². The van der Waals surface area contributed by atoms with Gasteiger partial charge in [-0.2, -0.15) is 0 Å². The van der Waals surface area contributed by atoms with E-state index in [1.54, 1.807) is 13.3 Å². The molecule has 4 heteroatoms. The first-order valence-corrected chi connectivity index (χ1v) is 6.07. The standard InChI is InChI=1S/C14H19N3O/c1-9(2)13(15)14-16-8-11(17-14)10-6-4-5-7-12(10)18-3/h4-9,13H,15H2,1-3H3,(H,16,17). The largest absolute Gasteiger partial charge is 0.496 e. The second-order valence-electron chi connectivity index (χ2n) is 4.65. The van der Waals surface area contributed by atoms with Gasteiger partial charge in [0.25, 0.3) is 0 Å². The van der Waals surface area contributed by atoms with Gasteiger partial charge in [-0.05, 0) is 18.1 Å². The van der Waals surface area contributed by atoms with Gasteiger partial charge in [-0.25, -0.2) is 4.98 Å². The Kier molecular flexibility index (Phi) is 3.67. The van der Waals surface area contributed by atoms with Crippen molar-refractivity contribution < 1.29 is 4.74 Å². The number of benzene rings is 1. The molecular weight excluding hydrogens is 226 g/mol. The van der Waals surface area contributed by atoms with Crippen LogP contribution in [0, 0.1) is 5.92 Å². The van der Waals surface area contributed by atoms with Crippen molar-refractivity contribution in [3.8, 4) is 17.0 Å². The molecule has 1 aromatic heterocycles. The lowest BCUT2D eigenvalue weighted by Crippen LogP contribution is -2.18. The van der Waals surface area contributed by atoms with E-state index in [1.165, 1.54) is 0 Å². The molecule has 0 fully saturated rings. The molecular formula is C14H19N3O. The highest BCUT2D eigenvalue weighted by atomic mass is 16.5. The van der Waals surface area contributed by atoms with Crippen LogP contribution >= 0.6 is 0 Å². The minimum absolute atomic E-state index is 0.0755. The Hall–Kier alpha value is -1.81. The average Bonchev–Trinajstić information content (AvgIpc) is 2.87. The van der Waals surface area contributed by atoms with Gasteiger partial charge in [0.2, 0.25) is 0 Å². The minimum Gasteiger partial charge on any atom is -0.496 e. The third kappa shape index (κ3) is 2.38. The second kappa shape index (κ2) is 5.23. The van der Waals surface area contributed by atoms with Gasteiger partial charge in [0, 0.05) is 5.56 Å². The van der Waals surface area contributed by atoms with E-state index in [1.807, 2.05) is 24.3 Å². The van der Waals surface area contributed by atoms with E-state index < -0.39 is 0 Å². The van der Waals surface area contributed by atoms with Gasteiger partial charge < -0.3 is 15.5 Å². The van der Waals surface area contributed by atoms with Crippen molar-refractivity contribution in [3.63, 3.8) is 0 Å². The van der Waals surface area contributed by atoms with Gasteiger partial charge in [-0.15, -0.1) is 0 Å². The quantitative estimate of drug-likeness (QED) is 0.870. The topological polar surface area (TPSA) is 63.9 Å². The molecule has 96 valence electrons. The van der Waals surface area contributed by atoms with E-state index in [0.717, 1.165) is 22.8 Å². The maximum absolute atomic E-state index is 6.07. The molecule has 0 aliphatic rings. The van der Waals surface area contributed by atoms with Gasteiger partial charge in [-0.3, -0.25) is 0 Å². The van der Waals surface area contributed by atoms with Crippen molar-refractivity contribution in [1.82, 2.24) is 9.97 Å². The fourth-order valence-electron chi connectivity index (χ4n) is 1.83. The maximum Gasteiger partial charge on any atom is 0.128 e. The molecule has 0 saturated carbocycles. The Morgan fingerprint density at radius 3 is 2.67 bits per heavy atom. The Morgan fingerprint density at radius 2 is 2.00 bits per heavy atom. The van der Waals surface area contributed by atoms with E-state index in [-0.39, 0.29) is 6.04 Å². The van der Waals surface area contributed by atoms with Crippen molar-refractivity contribution >= 4 is 0 Å². The third-order valence-electron chi connectivity index (χ3n) is 3.03. The highest BCUT2D eigenvalue weighted by Crippen LogP contribution is 2.29. The molecule has 0 radical (unpaired) electrons. The zero-order valence-corrected chi connectivity index (χ0v) is 11.0. The summed E-state index contributed by atoms with van der Waals surface area (Å²) in [6.45, 7) is 4.16. The summed E-state index contributed by atoms with van der Waals surface area (Å²) in [6, 6.07) is 7.77. The SMILES string of the molecule is COc1ccccc1-c1cnc(C(N)C(C)C)[nH]1. The van der Waals surface area contributed by atoms with E-state index in [4.69, 9.17) is 10.5 Å². The zero-order valence-electron chi connectivity index (χ0n) is 11.0. The summed E-state index contributed by atoms with van der Waals surface area (Å²) in [5.41, 5.74) is 8.00. The van der Waals surface area contributed by atoms with Crippen LogP contribution in [-0.2, 0) is 0 Å². The molecule has 1 aromatic carbocycles. The molecule has 0 bridgehead atoms. The molecule has 0 spiro atoms. The fourth-order valence-corrected chi connectivity index (χ4v) is 1.83.